The van der Waals surface area contributed by atoms with Crippen LogP contribution in [0.1, 0.15) is 33.6 Å². The van der Waals surface area contributed by atoms with E-state index in [1.54, 1.807) is 4.90 Å². The maximum Gasteiger partial charge on any atom is 0.409 e. The molecule has 0 radical (unpaired) electrons. The number of rotatable bonds is 6. The first kappa shape index (κ1) is 23.3. The molecule has 26 heavy (non-hydrogen) atoms. The number of ether oxygens (including phenoxy) is 1. The molecule has 152 valence electrons. The van der Waals surface area contributed by atoms with Gasteiger partial charge >= 0.3 is 6.09 Å². The van der Waals surface area contributed by atoms with E-state index in [-0.39, 0.29) is 30.1 Å². The van der Waals surface area contributed by atoms with Crippen molar-refractivity contribution in [2.24, 2.45) is 10.9 Å². The Hall–Kier alpha value is -0.770. The van der Waals surface area contributed by atoms with Gasteiger partial charge in [-0.25, -0.2) is 4.79 Å². The number of hydrogen-bond donors (Lipinski definition) is 1. The van der Waals surface area contributed by atoms with Gasteiger partial charge in [0.25, 0.3) is 0 Å². The number of hydrogen-bond acceptors (Lipinski definition) is 4. The van der Waals surface area contributed by atoms with Crippen LogP contribution in [-0.4, -0.2) is 92.3 Å². The van der Waals surface area contributed by atoms with Crippen molar-refractivity contribution in [2.45, 2.75) is 33.6 Å². The fourth-order valence-corrected chi connectivity index (χ4v) is 3.45. The summed E-state index contributed by atoms with van der Waals surface area (Å²) in [5.41, 5.74) is 0. The van der Waals surface area contributed by atoms with Crippen molar-refractivity contribution in [1.29, 1.82) is 0 Å². The third-order valence-electron chi connectivity index (χ3n) is 4.76. The Morgan fingerprint density at radius 2 is 1.69 bits per heavy atom. The molecule has 0 aromatic rings. The standard InChI is InChI=1S/C18H35N5O2.HI/c1-4-19-17(20-14-16(3)15-21-8-6-7-9-21)22-10-12-23(13-11-22)18(24)25-5-2;/h16H,4-15H2,1-3H3,(H,19,20);1H. The van der Waals surface area contributed by atoms with Gasteiger partial charge in [0.2, 0.25) is 0 Å². The molecule has 0 bridgehead atoms. The smallest absolute Gasteiger partial charge is 0.409 e. The molecule has 0 aromatic heterocycles. The molecule has 0 spiro atoms. The summed E-state index contributed by atoms with van der Waals surface area (Å²) in [5.74, 6) is 1.53. The van der Waals surface area contributed by atoms with Crippen LogP contribution in [0.15, 0.2) is 4.99 Å². The van der Waals surface area contributed by atoms with E-state index in [2.05, 4.69) is 29.0 Å². The molecule has 0 aliphatic carbocycles. The molecule has 1 amide bonds. The van der Waals surface area contributed by atoms with Gasteiger partial charge in [-0.1, -0.05) is 6.92 Å². The number of aliphatic imine (C=N–C) groups is 1. The molecule has 8 heteroatoms. The first-order valence-corrected chi connectivity index (χ1v) is 9.81. The first-order chi connectivity index (χ1) is 12.1. The Labute approximate surface area is 175 Å². The summed E-state index contributed by atoms with van der Waals surface area (Å²) in [6.45, 7) is 14.9. The quantitative estimate of drug-likeness (QED) is 0.358. The number of guanidine groups is 1. The summed E-state index contributed by atoms with van der Waals surface area (Å²) < 4.78 is 5.08. The predicted molar refractivity (Wildman–Crippen MR) is 116 cm³/mol. The Kier molecular flexibility index (Phi) is 11.3. The molecule has 0 saturated carbocycles. The van der Waals surface area contributed by atoms with Crippen molar-refractivity contribution in [2.75, 3.05) is 65.5 Å². The largest absolute Gasteiger partial charge is 0.450 e. The number of halogens is 1. The van der Waals surface area contributed by atoms with Gasteiger partial charge in [-0.2, -0.15) is 0 Å². The minimum absolute atomic E-state index is 0. The van der Waals surface area contributed by atoms with Crippen LogP contribution in [0.2, 0.25) is 0 Å². The number of likely N-dealkylation sites (tertiary alicyclic amines) is 1. The third-order valence-corrected chi connectivity index (χ3v) is 4.76. The molecule has 2 aliphatic heterocycles. The highest BCUT2D eigenvalue weighted by atomic mass is 127. The minimum atomic E-state index is -0.205. The average Bonchev–Trinajstić information content (AvgIpc) is 3.12. The van der Waals surface area contributed by atoms with Gasteiger partial charge in [-0.3, -0.25) is 4.99 Å². The summed E-state index contributed by atoms with van der Waals surface area (Å²) in [6.07, 6.45) is 2.47. The monoisotopic (exact) mass is 481 g/mol. The van der Waals surface area contributed by atoms with Gasteiger partial charge < -0.3 is 24.8 Å². The molecule has 2 saturated heterocycles. The minimum Gasteiger partial charge on any atom is -0.450 e. The third kappa shape index (κ3) is 7.46. The second kappa shape index (κ2) is 12.6. The Morgan fingerprint density at radius 1 is 1.08 bits per heavy atom. The van der Waals surface area contributed by atoms with Gasteiger partial charge in [-0.15, -0.1) is 24.0 Å². The molecule has 0 aromatic carbocycles. The topological polar surface area (TPSA) is 60.4 Å². The lowest BCUT2D eigenvalue weighted by Crippen LogP contribution is -2.54. The highest BCUT2D eigenvalue weighted by molar-refractivity contribution is 14.0. The molecule has 7 nitrogen and oxygen atoms in total. The van der Waals surface area contributed by atoms with Crippen molar-refractivity contribution >= 4 is 36.0 Å². The van der Waals surface area contributed by atoms with Crippen LogP contribution in [0.4, 0.5) is 4.79 Å². The fourth-order valence-electron chi connectivity index (χ4n) is 3.45. The molecular weight excluding hydrogens is 445 g/mol. The van der Waals surface area contributed by atoms with Gasteiger partial charge in [0, 0.05) is 45.8 Å². The van der Waals surface area contributed by atoms with E-state index >= 15 is 0 Å². The maximum absolute atomic E-state index is 11.8. The van der Waals surface area contributed by atoms with Crippen molar-refractivity contribution in [3.63, 3.8) is 0 Å². The summed E-state index contributed by atoms with van der Waals surface area (Å²) >= 11 is 0. The van der Waals surface area contributed by atoms with Crippen LogP contribution in [-0.2, 0) is 4.74 Å². The van der Waals surface area contributed by atoms with Crippen LogP contribution in [0.25, 0.3) is 0 Å². The zero-order valence-corrected chi connectivity index (χ0v) is 18.9. The van der Waals surface area contributed by atoms with Crippen LogP contribution in [0.5, 0.6) is 0 Å². The molecule has 2 rings (SSSR count). The zero-order chi connectivity index (χ0) is 18.1. The fraction of sp³-hybridized carbons (Fsp3) is 0.889. The van der Waals surface area contributed by atoms with E-state index in [1.165, 1.54) is 25.9 Å². The summed E-state index contributed by atoms with van der Waals surface area (Å²) in [5, 5.41) is 3.40. The van der Waals surface area contributed by atoms with Gasteiger partial charge in [0.1, 0.15) is 0 Å². The zero-order valence-electron chi connectivity index (χ0n) is 16.6. The van der Waals surface area contributed by atoms with Gasteiger partial charge in [0.15, 0.2) is 5.96 Å². The van der Waals surface area contributed by atoms with E-state index in [0.717, 1.165) is 38.7 Å². The maximum atomic E-state index is 11.8. The molecule has 2 heterocycles. The summed E-state index contributed by atoms with van der Waals surface area (Å²) in [6, 6.07) is 0. The second-order valence-corrected chi connectivity index (χ2v) is 6.98. The Morgan fingerprint density at radius 3 is 2.27 bits per heavy atom. The summed E-state index contributed by atoms with van der Waals surface area (Å²) in [4.78, 5) is 23.2. The predicted octanol–water partition coefficient (Wildman–Crippen LogP) is 2.08. The number of piperazine rings is 1. The Balaban J connectivity index is 0.00000338. The van der Waals surface area contributed by atoms with Crippen molar-refractivity contribution < 1.29 is 9.53 Å². The van der Waals surface area contributed by atoms with Crippen molar-refractivity contribution in [3.8, 4) is 0 Å². The number of amides is 1. The molecule has 1 unspecified atom stereocenters. The highest BCUT2D eigenvalue weighted by Gasteiger charge is 2.24. The molecule has 1 atom stereocenters. The lowest BCUT2D eigenvalue weighted by atomic mass is 10.2. The molecular formula is C18H36IN5O2. The number of nitrogens with one attached hydrogen (secondary N) is 1. The van der Waals surface area contributed by atoms with E-state index in [9.17, 15) is 4.79 Å². The van der Waals surface area contributed by atoms with E-state index in [1.807, 2.05) is 6.92 Å². The van der Waals surface area contributed by atoms with Crippen LogP contribution in [0.3, 0.4) is 0 Å². The number of carbonyl (C=O) groups is 1. The summed E-state index contributed by atoms with van der Waals surface area (Å²) in [7, 11) is 0. The first-order valence-electron chi connectivity index (χ1n) is 9.81. The Bertz CT molecular complexity index is 435. The second-order valence-electron chi connectivity index (χ2n) is 6.98. The highest BCUT2D eigenvalue weighted by Crippen LogP contribution is 2.11. The average molecular weight is 481 g/mol. The molecule has 2 fully saturated rings. The normalized spacial score (nSPS) is 19.9. The van der Waals surface area contributed by atoms with Gasteiger partial charge in [0.05, 0.1) is 6.61 Å². The molecule has 2 aliphatic rings. The van der Waals surface area contributed by atoms with Crippen molar-refractivity contribution in [3.05, 3.63) is 0 Å². The molecule has 1 N–H and O–H groups in total. The lowest BCUT2D eigenvalue weighted by Gasteiger charge is -2.36. The number of carbonyl (C=O) groups excluding carboxylic acids is 1. The SMILES string of the molecule is CCNC(=NCC(C)CN1CCCC1)N1CCN(C(=O)OCC)CC1.I. The van der Waals surface area contributed by atoms with E-state index in [0.29, 0.717) is 25.6 Å². The van der Waals surface area contributed by atoms with Crippen LogP contribution >= 0.6 is 24.0 Å². The van der Waals surface area contributed by atoms with Crippen LogP contribution < -0.4 is 5.32 Å². The lowest BCUT2D eigenvalue weighted by molar-refractivity contribution is 0.0914. The van der Waals surface area contributed by atoms with Crippen molar-refractivity contribution in [1.82, 2.24) is 20.0 Å². The van der Waals surface area contributed by atoms with E-state index < -0.39 is 0 Å². The van der Waals surface area contributed by atoms with E-state index in [4.69, 9.17) is 9.73 Å². The van der Waals surface area contributed by atoms with Gasteiger partial charge in [-0.05, 0) is 45.7 Å². The van der Waals surface area contributed by atoms with Crippen LogP contribution in [0, 0.1) is 5.92 Å². The number of nitrogens with zero attached hydrogens (tertiary/aromatic N) is 4.